The summed E-state index contributed by atoms with van der Waals surface area (Å²) < 4.78 is 7.08. The molecule has 0 unspecified atom stereocenters. The van der Waals surface area contributed by atoms with Crippen molar-refractivity contribution < 1.29 is 9.21 Å². The minimum Gasteiger partial charge on any atom is -0.443 e. The van der Waals surface area contributed by atoms with Crippen molar-refractivity contribution >= 4 is 22.7 Å². The second-order valence-corrected chi connectivity index (χ2v) is 8.04. The highest BCUT2D eigenvalue weighted by Gasteiger charge is 2.28. The van der Waals surface area contributed by atoms with Gasteiger partial charge in [-0.1, -0.05) is 0 Å². The van der Waals surface area contributed by atoms with E-state index in [4.69, 9.17) is 4.42 Å². The summed E-state index contributed by atoms with van der Waals surface area (Å²) in [5.74, 6) is 0.466. The van der Waals surface area contributed by atoms with Gasteiger partial charge in [-0.15, -0.1) is 0 Å². The van der Waals surface area contributed by atoms with Crippen molar-refractivity contribution in [2.45, 2.75) is 25.4 Å². The van der Waals surface area contributed by atoms with Crippen LogP contribution in [0.15, 0.2) is 38.4 Å². The molecule has 0 bridgehead atoms. The van der Waals surface area contributed by atoms with E-state index in [1.165, 1.54) is 4.57 Å². The molecule has 0 atom stereocenters. The largest absolute Gasteiger partial charge is 0.443 e. The predicted molar refractivity (Wildman–Crippen MR) is 114 cm³/mol. The molecule has 0 aromatic carbocycles. The van der Waals surface area contributed by atoms with Crippen LogP contribution >= 0.6 is 0 Å². The molecular formula is C21H24N6O4. The minimum atomic E-state index is -0.398. The molecule has 0 radical (unpaired) electrons. The molecule has 1 amide bonds. The number of nitrogens with zero attached hydrogens (tertiary/aromatic N) is 4. The minimum absolute atomic E-state index is 0.0204. The maximum Gasteiger partial charge on any atom is 0.331 e. The number of carbonyl (C=O) groups excluding carboxylic acids is 1. The third-order valence-corrected chi connectivity index (χ3v) is 5.91. The first kappa shape index (κ1) is 19.6. The van der Waals surface area contributed by atoms with Gasteiger partial charge in [-0.25, -0.2) is 9.78 Å². The van der Waals surface area contributed by atoms with Crippen LogP contribution < -0.4 is 21.5 Å². The van der Waals surface area contributed by atoms with Crippen LogP contribution in [-0.4, -0.2) is 58.6 Å². The van der Waals surface area contributed by atoms with Gasteiger partial charge in [0, 0.05) is 39.3 Å². The molecule has 2 aliphatic rings. The number of anilines is 1. The van der Waals surface area contributed by atoms with Crippen LogP contribution in [-0.2, 0) is 6.54 Å². The Hall–Kier alpha value is -3.40. The molecule has 2 fully saturated rings. The molecule has 10 heteroatoms. The second-order valence-electron chi connectivity index (χ2n) is 8.04. The number of carbonyl (C=O) groups is 1. The summed E-state index contributed by atoms with van der Waals surface area (Å²) in [6, 6.07) is 5.41. The lowest BCUT2D eigenvalue weighted by molar-refractivity contribution is 0.0958. The number of H-pyrrole nitrogens is 1. The highest BCUT2D eigenvalue weighted by molar-refractivity contribution is 5.92. The van der Waals surface area contributed by atoms with Crippen LogP contribution in [0.3, 0.4) is 0 Å². The molecule has 162 valence electrons. The summed E-state index contributed by atoms with van der Waals surface area (Å²) in [6.45, 7) is 3.83. The lowest BCUT2D eigenvalue weighted by atomic mass is 10.2. The Bertz CT molecular complexity index is 1230. The number of hydrogen-bond acceptors (Lipinski definition) is 7. The number of furan rings is 1. The van der Waals surface area contributed by atoms with Gasteiger partial charge in [0.1, 0.15) is 16.8 Å². The molecule has 31 heavy (non-hydrogen) atoms. The van der Waals surface area contributed by atoms with E-state index < -0.39 is 5.69 Å². The maximum absolute atomic E-state index is 12.7. The molecule has 5 rings (SSSR count). The van der Waals surface area contributed by atoms with Crippen LogP contribution in [0.1, 0.15) is 35.1 Å². The van der Waals surface area contributed by atoms with Gasteiger partial charge in [0.25, 0.3) is 11.5 Å². The van der Waals surface area contributed by atoms with Gasteiger partial charge in [-0.05, 0) is 31.0 Å². The van der Waals surface area contributed by atoms with Crippen molar-refractivity contribution in [3.8, 4) is 0 Å². The van der Waals surface area contributed by atoms with Crippen molar-refractivity contribution in [3.63, 3.8) is 0 Å². The highest BCUT2D eigenvalue weighted by atomic mass is 16.3. The van der Waals surface area contributed by atoms with Gasteiger partial charge in [0.15, 0.2) is 0 Å². The van der Waals surface area contributed by atoms with Crippen molar-refractivity contribution in [1.82, 2.24) is 24.8 Å². The number of piperazine rings is 1. The Balaban J connectivity index is 1.25. The number of pyridine rings is 1. The lowest BCUT2D eigenvalue weighted by Crippen LogP contribution is -2.46. The molecular weight excluding hydrogens is 400 g/mol. The number of aromatic amines is 1. The predicted octanol–water partition coefficient (Wildman–Crippen LogP) is 0.695. The molecule has 3 aromatic rings. The van der Waals surface area contributed by atoms with Gasteiger partial charge in [-0.3, -0.25) is 24.0 Å². The lowest BCUT2D eigenvalue weighted by Gasteiger charge is -2.35. The molecule has 1 aliphatic heterocycles. The van der Waals surface area contributed by atoms with Gasteiger partial charge in [0.05, 0.1) is 18.4 Å². The molecule has 1 saturated heterocycles. The number of amides is 1. The SMILES string of the molecule is CNC(=O)c1ccc(N2CCN(Cc3cc4c(=O)n(C5CC5)c(=O)[nH]c4o3)CC2)cn1. The highest BCUT2D eigenvalue weighted by Crippen LogP contribution is 2.32. The summed E-state index contributed by atoms with van der Waals surface area (Å²) >= 11 is 0. The topological polar surface area (TPSA) is 116 Å². The first-order valence-electron chi connectivity index (χ1n) is 10.5. The molecule has 1 aliphatic carbocycles. The van der Waals surface area contributed by atoms with Gasteiger partial charge in [-0.2, -0.15) is 0 Å². The summed E-state index contributed by atoms with van der Waals surface area (Å²) in [5.41, 5.74) is 0.963. The molecule has 1 saturated carbocycles. The quantitative estimate of drug-likeness (QED) is 0.619. The Morgan fingerprint density at radius 2 is 2.00 bits per heavy atom. The number of hydrogen-bond donors (Lipinski definition) is 2. The van der Waals surface area contributed by atoms with Crippen LogP contribution in [0, 0.1) is 0 Å². The van der Waals surface area contributed by atoms with E-state index in [0.717, 1.165) is 44.7 Å². The summed E-state index contributed by atoms with van der Waals surface area (Å²) in [6.07, 6.45) is 3.46. The fourth-order valence-electron chi connectivity index (χ4n) is 4.04. The number of aromatic nitrogens is 3. The standard InChI is InChI=1S/C21H24N6O4/c1-22-18(28)17-5-4-14(11-23-17)26-8-6-25(7-9-26)12-15-10-16-19(31-15)24-21(30)27(20(16)29)13-2-3-13/h4-5,10-11,13H,2-3,6-9,12H2,1H3,(H,22,28)(H,24,30). The van der Waals surface area contributed by atoms with E-state index in [9.17, 15) is 14.4 Å². The van der Waals surface area contributed by atoms with E-state index in [1.807, 2.05) is 6.07 Å². The van der Waals surface area contributed by atoms with Crippen LogP contribution in [0.2, 0.25) is 0 Å². The molecule has 0 spiro atoms. The smallest absolute Gasteiger partial charge is 0.331 e. The summed E-state index contributed by atoms with van der Waals surface area (Å²) in [7, 11) is 1.58. The van der Waals surface area contributed by atoms with E-state index >= 15 is 0 Å². The van der Waals surface area contributed by atoms with Gasteiger partial charge < -0.3 is 14.6 Å². The molecule has 10 nitrogen and oxygen atoms in total. The van der Waals surface area contributed by atoms with Crippen LogP contribution in [0.4, 0.5) is 5.69 Å². The third-order valence-electron chi connectivity index (χ3n) is 5.91. The van der Waals surface area contributed by atoms with Gasteiger partial charge in [0.2, 0.25) is 5.71 Å². The average molecular weight is 424 g/mol. The van der Waals surface area contributed by atoms with Crippen molar-refractivity contribution in [2.75, 3.05) is 38.1 Å². The Kier molecular flexibility index (Phi) is 4.85. The van der Waals surface area contributed by atoms with E-state index in [2.05, 4.69) is 25.1 Å². The van der Waals surface area contributed by atoms with Crippen molar-refractivity contribution in [2.24, 2.45) is 0 Å². The van der Waals surface area contributed by atoms with Crippen molar-refractivity contribution in [3.05, 3.63) is 56.7 Å². The molecule has 4 heterocycles. The van der Waals surface area contributed by atoms with E-state index in [1.54, 1.807) is 25.4 Å². The Morgan fingerprint density at radius 3 is 2.65 bits per heavy atom. The van der Waals surface area contributed by atoms with Crippen molar-refractivity contribution in [1.29, 1.82) is 0 Å². The number of rotatable bonds is 5. The zero-order valence-corrected chi connectivity index (χ0v) is 17.3. The third kappa shape index (κ3) is 3.74. The monoisotopic (exact) mass is 424 g/mol. The Morgan fingerprint density at radius 1 is 1.23 bits per heavy atom. The first-order valence-corrected chi connectivity index (χ1v) is 10.5. The summed E-state index contributed by atoms with van der Waals surface area (Å²) in [5, 5.41) is 3.00. The zero-order chi connectivity index (χ0) is 21.5. The number of fused-ring (bicyclic) bond motifs is 1. The normalized spacial score (nSPS) is 17.3. The van der Waals surface area contributed by atoms with E-state index in [-0.39, 0.29) is 23.2 Å². The summed E-state index contributed by atoms with van der Waals surface area (Å²) in [4.78, 5) is 47.9. The van der Waals surface area contributed by atoms with Gasteiger partial charge >= 0.3 is 5.69 Å². The first-order chi connectivity index (χ1) is 15.0. The molecule has 2 N–H and O–H groups in total. The van der Waals surface area contributed by atoms with Crippen LogP contribution in [0.25, 0.3) is 11.1 Å². The zero-order valence-electron chi connectivity index (χ0n) is 17.3. The average Bonchev–Trinajstić information content (AvgIpc) is 3.53. The Labute approximate surface area is 177 Å². The van der Waals surface area contributed by atoms with E-state index in [0.29, 0.717) is 23.4 Å². The molecule has 3 aromatic heterocycles. The van der Waals surface area contributed by atoms with Crippen LogP contribution in [0.5, 0.6) is 0 Å². The number of nitrogens with one attached hydrogen (secondary N) is 2. The fourth-order valence-corrected chi connectivity index (χ4v) is 4.04. The fraction of sp³-hybridized carbons (Fsp3) is 0.429. The maximum atomic E-state index is 12.7. The second kappa shape index (κ2) is 7.69.